The van der Waals surface area contributed by atoms with Gasteiger partial charge in [-0.15, -0.1) is 0 Å². The molecule has 0 aliphatic carbocycles. The summed E-state index contributed by atoms with van der Waals surface area (Å²) >= 11 is 5.84. The molecule has 2 atom stereocenters. The Morgan fingerprint density at radius 2 is 1.70 bits per heavy atom. The van der Waals surface area contributed by atoms with Crippen LogP contribution in [0.15, 0.2) is 79.0 Å². The van der Waals surface area contributed by atoms with Crippen molar-refractivity contribution in [2.45, 2.75) is 32.9 Å². The maximum atomic E-state index is 14.0. The van der Waals surface area contributed by atoms with Crippen LogP contribution < -0.4 is 10.2 Å². The number of pyridine rings is 1. The molecule has 0 amide bonds. The van der Waals surface area contributed by atoms with Crippen molar-refractivity contribution in [3.05, 3.63) is 113 Å². The number of anilines is 1. The van der Waals surface area contributed by atoms with Gasteiger partial charge in [-0.3, -0.25) is 4.98 Å². The molecule has 1 N–H and O–H groups in total. The van der Waals surface area contributed by atoms with E-state index in [1.165, 1.54) is 11.6 Å². The number of benzene rings is 2. The molecule has 166 valence electrons. The standard InChI is InChI=1S/C27H25FN4S/c1-17-8-6-10-21(14-17)32-26(25(30-27(32)33)24-12-4-5-13-29-24)23-15-18(2)31(19(23)3)22-11-7-9-20(28)16-22/h4-16,25-26H,1-3H3,(H,30,33)/t25-,26+/m0/s1. The van der Waals surface area contributed by atoms with Crippen molar-refractivity contribution in [3.8, 4) is 5.69 Å². The number of rotatable bonds is 4. The summed E-state index contributed by atoms with van der Waals surface area (Å²) in [6.07, 6.45) is 1.81. The molecule has 0 unspecified atom stereocenters. The van der Waals surface area contributed by atoms with Crippen LogP contribution in [0.5, 0.6) is 0 Å². The second-order valence-corrected chi connectivity index (χ2v) is 8.86. The summed E-state index contributed by atoms with van der Waals surface area (Å²) in [5, 5.41) is 4.18. The third-order valence-corrected chi connectivity index (χ3v) is 6.55. The van der Waals surface area contributed by atoms with Gasteiger partial charge in [0.25, 0.3) is 0 Å². The van der Waals surface area contributed by atoms with Crippen LogP contribution >= 0.6 is 12.2 Å². The van der Waals surface area contributed by atoms with E-state index in [-0.39, 0.29) is 17.9 Å². The fraction of sp³-hybridized carbons (Fsp3) is 0.185. The fourth-order valence-corrected chi connectivity index (χ4v) is 5.17. The molecule has 2 aromatic carbocycles. The van der Waals surface area contributed by atoms with Crippen molar-refractivity contribution >= 4 is 23.0 Å². The first kappa shape index (κ1) is 21.3. The van der Waals surface area contributed by atoms with Crippen LogP contribution in [0.3, 0.4) is 0 Å². The van der Waals surface area contributed by atoms with Crippen molar-refractivity contribution < 1.29 is 4.39 Å². The van der Waals surface area contributed by atoms with E-state index in [0.29, 0.717) is 5.11 Å². The van der Waals surface area contributed by atoms with Crippen molar-refractivity contribution in [2.24, 2.45) is 0 Å². The summed E-state index contributed by atoms with van der Waals surface area (Å²) in [5.41, 5.74) is 7.15. The van der Waals surface area contributed by atoms with Crippen LogP contribution in [0, 0.1) is 26.6 Å². The average Bonchev–Trinajstić information content (AvgIpc) is 3.29. The summed E-state index contributed by atoms with van der Waals surface area (Å²) < 4.78 is 16.1. The van der Waals surface area contributed by atoms with Gasteiger partial charge in [-0.05, 0) is 92.6 Å². The van der Waals surface area contributed by atoms with Gasteiger partial charge >= 0.3 is 0 Å². The molecule has 33 heavy (non-hydrogen) atoms. The Labute approximate surface area is 198 Å². The maximum Gasteiger partial charge on any atom is 0.174 e. The second kappa shape index (κ2) is 8.45. The Hall–Kier alpha value is -3.51. The van der Waals surface area contributed by atoms with Crippen LogP contribution in [0.4, 0.5) is 10.1 Å². The quantitative estimate of drug-likeness (QED) is 0.376. The summed E-state index contributed by atoms with van der Waals surface area (Å²) in [4.78, 5) is 6.82. The lowest BCUT2D eigenvalue weighted by atomic mass is 9.96. The highest BCUT2D eigenvalue weighted by Gasteiger charge is 2.42. The normalized spacial score (nSPS) is 17.9. The van der Waals surface area contributed by atoms with E-state index in [1.54, 1.807) is 12.1 Å². The van der Waals surface area contributed by atoms with Gasteiger partial charge in [0.05, 0.1) is 17.8 Å². The highest BCUT2D eigenvalue weighted by Crippen LogP contribution is 2.43. The highest BCUT2D eigenvalue weighted by atomic mass is 32.1. The molecule has 1 aliphatic rings. The zero-order valence-electron chi connectivity index (χ0n) is 18.8. The number of hydrogen-bond donors (Lipinski definition) is 1. The third-order valence-electron chi connectivity index (χ3n) is 6.23. The average molecular weight is 457 g/mol. The molecule has 0 bridgehead atoms. The van der Waals surface area contributed by atoms with E-state index in [2.05, 4.69) is 70.9 Å². The summed E-state index contributed by atoms with van der Waals surface area (Å²) in [7, 11) is 0. The van der Waals surface area contributed by atoms with Gasteiger partial charge in [0, 0.05) is 29.0 Å². The number of nitrogens with one attached hydrogen (secondary N) is 1. The van der Waals surface area contributed by atoms with Crippen molar-refractivity contribution in [1.82, 2.24) is 14.9 Å². The molecule has 6 heteroatoms. The molecule has 2 aromatic heterocycles. The van der Waals surface area contributed by atoms with Gasteiger partial charge in [-0.1, -0.05) is 24.3 Å². The predicted octanol–water partition coefficient (Wildman–Crippen LogP) is 6.11. The second-order valence-electron chi connectivity index (χ2n) is 8.48. The fourth-order valence-electron chi connectivity index (χ4n) is 4.83. The number of aryl methyl sites for hydroxylation is 2. The Balaban J connectivity index is 1.69. The topological polar surface area (TPSA) is 33.1 Å². The lowest BCUT2D eigenvalue weighted by Crippen LogP contribution is -2.29. The minimum Gasteiger partial charge on any atom is -0.351 e. The Kier molecular flexibility index (Phi) is 5.46. The number of aromatic nitrogens is 2. The van der Waals surface area contributed by atoms with E-state index in [9.17, 15) is 4.39 Å². The van der Waals surface area contributed by atoms with Crippen molar-refractivity contribution in [3.63, 3.8) is 0 Å². The van der Waals surface area contributed by atoms with E-state index < -0.39 is 0 Å². The first-order valence-electron chi connectivity index (χ1n) is 11.0. The molecule has 1 saturated heterocycles. The molecule has 4 nitrogen and oxygen atoms in total. The predicted molar refractivity (Wildman–Crippen MR) is 134 cm³/mol. The van der Waals surface area contributed by atoms with E-state index in [4.69, 9.17) is 12.2 Å². The van der Waals surface area contributed by atoms with Crippen LogP contribution in [0.2, 0.25) is 0 Å². The third kappa shape index (κ3) is 3.80. The molecule has 0 spiro atoms. The van der Waals surface area contributed by atoms with Gasteiger partial charge in [0.15, 0.2) is 5.11 Å². The minimum atomic E-state index is -0.252. The number of hydrogen-bond acceptors (Lipinski definition) is 2. The van der Waals surface area contributed by atoms with Crippen LogP contribution in [0.1, 0.15) is 40.3 Å². The number of halogens is 1. The SMILES string of the molecule is Cc1cccc(N2C(=S)N[C@@H](c3ccccn3)[C@H]2c2cc(C)n(-c3cccc(F)c3)c2C)c1. The van der Waals surface area contributed by atoms with E-state index in [0.717, 1.165) is 34.0 Å². The number of nitrogens with zero attached hydrogens (tertiary/aromatic N) is 3. The van der Waals surface area contributed by atoms with Crippen molar-refractivity contribution in [2.75, 3.05) is 4.90 Å². The molecule has 0 radical (unpaired) electrons. The monoisotopic (exact) mass is 456 g/mol. The molecule has 0 saturated carbocycles. The smallest absolute Gasteiger partial charge is 0.174 e. The molecule has 1 aliphatic heterocycles. The molecule has 3 heterocycles. The minimum absolute atomic E-state index is 0.109. The van der Waals surface area contributed by atoms with E-state index in [1.807, 2.05) is 30.5 Å². The van der Waals surface area contributed by atoms with Gasteiger partial charge < -0.3 is 14.8 Å². The van der Waals surface area contributed by atoms with Crippen molar-refractivity contribution in [1.29, 1.82) is 0 Å². The molecular formula is C27H25FN4S. The zero-order valence-corrected chi connectivity index (χ0v) is 19.6. The lowest BCUT2D eigenvalue weighted by Gasteiger charge is -2.28. The first-order chi connectivity index (χ1) is 15.9. The molecule has 1 fully saturated rings. The number of thiocarbonyl (C=S) groups is 1. The Morgan fingerprint density at radius 1 is 0.909 bits per heavy atom. The summed E-state index contributed by atoms with van der Waals surface area (Å²) in [6, 6.07) is 22.9. The summed E-state index contributed by atoms with van der Waals surface area (Å²) in [5.74, 6) is -0.252. The zero-order chi connectivity index (χ0) is 23.1. The summed E-state index contributed by atoms with van der Waals surface area (Å²) in [6.45, 7) is 6.21. The molecule has 4 aromatic rings. The molecule has 5 rings (SSSR count). The Morgan fingerprint density at radius 3 is 2.42 bits per heavy atom. The van der Waals surface area contributed by atoms with Gasteiger partial charge in [0.2, 0.25) is 0 Å². The van der Waals surface area contributed by atoms with Crippen LogP contribution in [0.25, 0.3) is 5.69 Å². The van der Waals surface area contributed by atoms with Gasteiger partial charge in [-0.2, -0.15) is 0 Å². The maximum absolute atomic E-state index is 14.0. The van der Waals surface area contributed by atoms with Gasteiger partial charge in [0.1, 0.15) is 5.82 Å². The lowest BCUT2D eigenvalue weighted by molar-refractivity contribution is 0.565. The van der Waals surface area contributed by atoms with Gasteiger partial charge in [-0.25, -0.2) is 4.39 Å². The van der Waals surface area contributed by atoms with Crippen LogP contribution in [-0.2, 0) is 0 Å². The van der Waals surface area contributed by atoms with E-state index >= 15 is 0 Å². The Bertz CT molecular complexity index is 1330. The van der Waals surface area contributed by atoms with Crippen LogP contribution in [-0.4, -0.2) is 14.7 Å². The first-order valence-corrected chi connectivity index (χ1v) is 11.4. The molecular weight excluding hydrogens is 431 g/mol. The highest BCUT2D eigenvalue weighted by molar-refractivity contribution is 7.80. The largest absolute Gasteiger partial charge is 0.351 e.